The first-order chi connectivity index (χ1) is 12.9. The van der Waals surface area contributed by atoms with Crippen molar-refractivity contribution in [1.82, 2.24) is 10.3 Å². The van der Waals surface area contributed by atoms with Gasteiger partial charge < -0.3 is 20.8 Å². The highest BCUT2D eigenvalue weighted by Crippen LogP contribution is 2.46. The molecule has 0 saturated carbocycles. The van der Waals surface area contributed by atoms with Crippen LogP contribution in [0.3, 0.4) is 0 Å². The Morgan fingerprint density at radius 3 is 2.81 bits per heavy atom. The zero-order valence-electron chi connectivity index (χ0n) is 15.6. The van der Waals surface area contributed by atoms with Gasteiger partial charge >= 0.3 is 0 Å². The minimum absolute atomic E-state index is 0.00806. The maximum atomic E-state index is 13.0. The van der Waals surface area contributed by atoms with Crippen molar-refractivity contribution in [2.45, 2.75) is 32.6 Å². The molecule has 0 radical (unpaired) electrons. The summed E-state index contributed by atoms with van der Waals surface area (Å²) in [6.07, 6.45) is 2.63. The molecule has 27 heavy (non-hydrogen) atoms. The fourth-order valence-corrected chi connectivity index (χ4v) is 3.83. The molecule has 7 nitrogen and oxygen atoms in total. The number of aromatic amines is 1. The summed E-state index contributed by atoms with van der Waals surface area (Å²) in [5.41, 5.74) is 8.11. The molecule has 1 aliphatic heterocycles. The highest BCUT2D eigenvalue weighted by Gasteiger charge is 2.41. The van der Waals surface area contributed by atoms with Gasteiger partial charge in [-0.3, -0.25) is 9.59 Å². The van der Waals surface area contributed by atoms with Gasteiger partial charge in [0.25, 0.3) is 0 Å². The van der Waals surface area contributed by atoms with E-state index in [4.69, 9.17) is 10.5 Å². The van der Waals surface area contributed by atoms with Crippen LogP contribution in [0.15, 0.2) is 45.7 Å². The smallest absolute Gasteiger partial charge is 0.248 e. The summed E-state index contributed by atoms with van der Waals surface area (Å²) in [5, 5.41) is 13.1. The third-order valence-corrected chi connectivity index (χ3v) is 4.89. The molecule has 7 heteroatoms. The predicted octanol–water partition coefficient (Wildman–Crippen LogP) is 1.46. The number of Topliss-reactive ketones (excluding diaryl/α,β-unsaturated/α-hetero) is 1. The SMILES string of the molecule is CC1(C)CC(=O)C2=C(C1)NC(COCCN)=C(C#N)C2c1cc[nH]c(=O)c1. The van der Waals surface area contributed by atoms with Crippen molar-refractivity contribution in [1.29, 1.82) is 5.26 Å². The molecule has 0 amide bonds. The van der Waals surface area contributed by atoms with Crippen molar-refractivity contribution in [2.75, 3.05) is 19.8 Å². The second kappa shape index (κ2) is 7.51. The van der Waals surface area contributed by atoms with Crippen molar-refractivity contribution in [3.8, 4) is 6.07 Å². The molecule has 4 N–H and O–H groups in total. The molecule has 0 saturated heterocycles. The van der Waals surface area contributed by atoms with Crippen molar-refractivity contribution in [3.63, 3.8) is 0 Å². The second-order valence-electron chi connectivity index (χ2n) is 7.72. The lowest BCUT2D eigenvalue weighted by molar-refractivity contribution is -0.118. The standard InChI is InChI=1S/C20H24N4O3/c1-20(2)8-14-19(16(25)9-20)18(12-3-5-23-17(26)7-12)13(10-22)15(24-14)11-27-6-4-21/h3,5,7,18,24H,4,6,8-9,11,21H2,1-2H3,(H,23,26). The summed E-state index contributed by atoms with van der Waals surface area (Å²) in [5.74, 6) is -0.553. The van der Waals surface area contributed by atoms with Crippen LogP contribution in [0.1, 0.15) is 38.2 Å². The molecule has 1 aliphatic carbocycles. The monoisotopic (exact) mass is 368 g/mol. The van der Waals surface area contributed by atoms with Gasteiger partial charge in [-0.2, -0.15) is 5.26 Å². The van der Waals surface area contributed by atoms with Crippen molar-refractivity contribution in [2.24, 2.45) is 11.1 Å². The van der Waals surface area contributed by atoms with Crippen LogP contribution in [0.25, 0.3) is 0 Å². The highest BCUT2D eigenvalue weighted by atomic mass is 16.5. The van der Waals surface area contributed by atoms with E-state index in [1.54, 1.807) is 6.07 Å². The molecule has 3 rings (SSSR count). The average Bonchev–Trinajstić information content (AvgIpc) is 2.59. The topological polar surface area (TPSA) is 121 Å². The molecule has 1 aromatic heterocycles. The number of hydrogen-bond acceptors (Lipinski definition) is 6. The second-order valence-corrected chi connectivity index (χ2v) is 7.72. The zero-order valence-corrected chi connectivity index (χ0v) is 15.6. The summed E-state index contributed by atoms with van der Waals surface area (Å²) in [7, 11) is 0. The number of ether oxygens (including phenoxy) is 1. The van der Waals surface area contributed by atoms with Gasteiger partial charge in [-0.25, -0.2) is 0 Å². The Kier molecular flexibility index (Phi) is 5.31. The van der Waals surface area contributed by atoms with Crippen molar-refractivity contribution < 1.29 is 9.53 Å². The molecule has 142 valence electrons. The Balaban J connectivity index is 2.13. The fourth-order valence-electron chi connectivity index (χ4n) is 3.83. The number of nitrogens with one attached hydrogen (secondary N) is 2. The minimum Gasteiger partial charge on any atom is -0.374 e. The van der Waals surface area contributed by atoms with E-state index in [-0.39, 0.29) is 23.4 Å². The van der Waals surface area contributed by atoms with Crippen LogP contribution in [-0.2, 0) is 9.53 Å². The number of nitrogens with two attached hydrogens (primary N) is 1. The maximum Gasteiger partial charge on any atom is 0.248 e. The summed E-state index contributed by atoms with van der Waals surface area (Å²) >= 11 is 0. The van der Waals surface area contributed by atoms with Crippen LogP contribution in [0, 0.1) is 16.7 Å². The van der Waals surface area contributed by atoms with Gasteiger partial charge in [0.15, 0.2) is 5.78 Å². The zero-order chi connectivity index (χ0) is 19.6. The number of aromatic nitrogens is 1. The van der Waals surface area contributed by atoms with E-state index in [2.05, 4.69) is 16.4 Å². The van der Waals surface area contributed by atoms with Gasteiger partial charge in [0.1, 0.15) is 0 Å². The van der Waals surface area contributed by atoms with Gasteiger partial charge in [-0.1, -0.05) is 13.8 Å². The third kappa shape index (κ3) is 3.87. The number of rotatable bonds is 5. The Bertz CT molecular complexity index is 918. The number of H-pyrrole nitrogens is 1. The lowest BCUT2D eigenvalue weighted by Gasteiger charge is -2.39. The first kappa shape index (κ1) is 19.1. The number of dihydropyridines is 1. The third-order valence-electron chi connectivity index (χ3n) is 4.89. The Hall–Kier alpha value is -2.69. The van der Waals surface area contributed by atoms with Gasteiger partial charge in [-0.15, -0.1) is 0 Å². The van der Waals surface area contributed by atoms with E-state index < -0.39 is 5.92 Å². The van der Waals surface area contributed by atoms with Crippen LogP contribution >= 0.6 is 0 Å². The number of carbonyl (C=O) groups excluding carboxylic acids is 1. The number of carbonyl (C=O) groups is 1. The number of hydrogen-bond donors (Lipinski definition) is 3. The van der Waals surface area contributed by atoms with E-state index in [1.807, 2.05) is 13.8 Å². The molecule has 2 aliphatic rings. The first-order valence-electron chi connectivity index (χ1n) is 8.99. The van der Waals surface area contributed by atoms with E-state index >= 15 is 0 Å². The Labute approximate surface area is 157 Å². The molecule has 0 spiro atoms. The average molecular weight is 368 g/mol. The number of nitriles is 1. The summed E-state index contributed by atoms with van der Waals surface area (Å²) in [6, 6.07) is 5.42. The fraction of sp³-hybridized carbons (Fsp3) is 0.450. The quantitative estimate of drug-likeness (QED) is 0.677. The summed E-state index contributed by atoms with van der Waals surface area (Å²) < 4.78 is 5.55. The van der Waals surface area contributed by atoms with Gasteiger partial charge in [-0.05, 0) is 23.5 Å². The van der Waals surface area contributed by atoms with Crippen LogP contribution in [0.2, 0.25) is 0 Å². The largest absolute Gasteiger partial charge is 0.374 e. The Morgan fingerprint density at radius 1 is 1.37 bits per heavy atom. The number of allylic oxidation sites excluding steroid dienone is 3. The van der Waals surface area contributed by atoms with E-state index in [9.17, 15) is 14.9 Å². The minimum atomic E-state index is -0.561. The molecule has 0 fully saturated rings. The summed E-state index contributed by atoms with van der Waals surface area (Å²) in [4.78, 5) is 27.4. The lowest BCUT2D eigenvalue weighted by atomic mass is 9.69. The van der Waals surface area contributed by atoms with E-state index in [0.717, 1.165) is 5.70 Å². The molecule has 2 heterocycles. The highest BCUT2D eigenvalue weighted by molar-refractivity contribution is 6.00. The van der Waals surface area contributed by atoms with Gasteiger partial charge in [0, 0.05) is 36.5 Å². The molecular weight excluding hydrogens is 344 g/mol. The van der Waals surface area contributed by atoms with Crippen LogP contribution in [0.5, 0.6) is 0 Å². The Morgan fingerprint density at radius 2 is 2.15 bits per heavy atom. The number of nitrogens with zero attached hydrogens (tertiary/aromatic N) is 1. The normalized spacial score (nSPS) is 21.6. The molecule has 1 aromatic rings. The first-order valence-corrected chi connectivity index (χ1v) is 8.99. The molecule has 0 bridgehead atoms. The molecular formula is C20H24N4O3. The lowest BCUT2D eigenvalue weighted by Crippen LogP contribution is -2.38. The maximum absolute atomic E-state index is 13.0. The molecule has 0 aromatic carbocycles. The molecule has 1 unspecified atom stereocenters. The number of pyridine rings is 1. The van der Waals surface area contributed by atoms with Crippen molar-refractivity contribution >= 4 is 5.78 Å². The van der Waals surface area contributed by atoms with Crippen molar-refractivity contribution in [3.05, 3.63) is 56.8 Å². The van der Waals surface area contributed by atoms with Crippen LogP contribution < -0.4 is 16.6 Å². The van der Waals surface area contributed by atoms with Gasteiger partial charge in [0.2, 0.25) is 5.56 Å². The van der Waals surface area contributed by atoms with Crippen LogP contribution in [-0.4, -0.2) is 30.5 Å². The predicted molar refractivity (Wildman–Crippen MR) is 100 cm³/mol. The van der Waals surface area contributed by atoms with Crippen LogP contribution in [0.4, 0.5) is 0 Å². The summed E-state index contributed by atoms with van der Waals surface area (Å²) in [6.45, 7) is 5.05. The van der Waals surface area contributed by atoms with E-state index in [0.29, 0.717) is 48.4 Å². The van der Waals surface area contributed by atoms with Gasteiger partial charge in [0.05, 0.1) is 36.5 Å². The molecule has 1 atom stereocenters. The van der Waals surface area contributed by atoms with E-state index in [1.165, 1.54) is 12.3 Å². The number of ketones is 1.